The van der Waals surface area contributed by atoms with E-state index in [2.05, 4.69) is 45.9 Å². The van der Waals surface area contributed by atoms with Crippen LogP contribution < -0.4 is 5.32 Å². The van der Waals surface area contributed by atoms with Crippen LogP contribution in [0.5, 0.6) is 0 Å². The largest absolute Gasteiger partial charge is 0.304 e. The number of aromatic nitrogens is 3. The van der Waals surface area contributed by atoms with Crippen LogP contribution in [0.1, 0.15) is 30.8 Å². The molecule has 0 bridgehead atoms. The lowest BCUT2D eigenvalue weighted by molar-refractivity contribution is 0.561. The molecule has 0 saturated heterocycles. The zero-order chi connectivity index (χ0) is 14.5. The Morgan fingerprint density at radius 2 is 2.10 bits per heavy atom. The summed E-state index contributed by atoms with van der Waals surface area (Å²) >= 11 is 1.62. The number of hydrogen-bond donors (Lipinski definition) is 1. The molecular weight excluding hydrogens is 280 g/mol. The monoisotopic (exact) mass is 298 g/mol. The Morgan fingerprint density at radius 3 is 2.81 bits per heavy atom. The van der Waals surface area contributed by atoms with Gasteiger partial charge in [0.2, 0.25) is 0 Å². The van der Waals surface area contributed by atoms with Gasteiger partial charge in [-0.1, -0.05) is 25.1 Å². The van der Waals surface area contributed by atoms with Gasteiger partial charge in [-0.15, -0.1) is 11.3 Å². The maximum atomic E-state index is 4.48. The number of nitrogens with zero attached hydrogens (tertiary/aromatic N) is 3. The third-order valence-corrected chi connectivity index (χ3v) is 3.92. The Labute approximate surface area is 128 Å². The molecular formula is C16H18N4S. The third kappa shape index (κ3) is 3.04. The molecule has 4 nitrogen and oxygen atoms in total. The quantitative estimate of drug-likeness (QED) is 0.758. The van der Waals surface area contributed by atoms with Crippen LogP contribution in [0.25, 0.3) is 5.69 Å². The van der Waals surface area contributed by atoms with Gasteiger partial charge >= 0.3 is 0 Å². The Hall–Kier alpha value is -1.98. The second-order valence-electron chi connectivity index (χ2n) is 4.80. The standard InChI is InChI=1S/C16H18N4S/c1-2-9-17-16(14-11-21-12-18-14)15-8-10-19-20(15)13-6-4-3-5-7-13/h3-8,10-12,16-17H,2,9H2,1H3. The van der Waals surface area contributed by atoms with Gasteiger partial charge in [0.15, 0.2) is 0 Å². The summed E-state index contributed by atoms with van der Waals surface area (Å²) in [6.07, 6.45) is 2.93. The summed E-state index contributed by atoms with van der Waals surface area (Å²) < 4.78 is 1.98. The van der Waals surface area contributed by atoms with Gasteiger partial charge in [0.05, 0.1) is 28.6 Å². The van der Waals surface area contributed by atoms with Crippen molar-refractivity contribution in [2.45, 2.75) is 19.4 Å². The molecule has 0 aliphatic rings. The summed E-state index contributed by atoms with van der Waals surface area (Å²) in [7, 11) is 0. The SMILES string of the molecule is CCCNC(c1cscn1)c1ccnn1-c1ccccc1. The molecule has 0 saturated carbocycles. The summed E-state index contributed by atoms with van der Waals surface area (Å²) in [5.74, 6) is 0. The molecule has 1 aromatic carbocycles. The molecule has 3 rings (SSSR count). The minimum absolute atomic E-state index is 0.0684. The van der Waals surface area contributed by atoms with E-state index in [0.717, 1.165) is 30.0 Å². The molecule has 2 aromatic heterocycles. The van der Waals surface area contributed by atoms with Gasteiger partial charge in [0.1, 0.15) is 0 Å². The van der Waals surface area contributed by atoms with Crippen molar-refractivity contribution in [2.24, 2.45) is 0 Å². The molecule has 1 atom stereocenters. The predicted molar refractivity (Wildman–Crippen MR) is 85.8 cm³/mol. The molecule has 0 amide bonds. The molecule has 0 spiro atoms. The topological polar surface area (TPSA) is 42.7 Å². The first-order chi connectivity index (χ1) is 10.4. The molecule has 108 valence electrons. The number of nitrogens with one attached hydrogen (secondary N) is 1. The predicted octanol–water partition coefficient (Wildman–Crippen LogP) is 3.42. The molecule has 0 aliphatic heterocycles. The second kappa shape index (κ2) is 6.65. The first kappa shape index (κ1) is 14.0. The fourth-order valence-corrected chi connectivity index (χ4v) is 2.91. The highest BCUT2D eigenvalue weighted by atomic mass is 32.1. The Bertz CT molecular complexity index is 661. The molecule has 0 aliphatic carbocycles. The lowest BCUT2D eigenvalue weighted by Gasteiger charge is -2.18. The van der Waals surface area contributed by atoms with Crippen molar-refractivity contribution in [1.29, 1.82) is 0 Å². The maximum Gasteiger partial charge on any atom is 0.0935 e. The van der Waals surface area contributed by atoms with Gasteiger partial charge < -0.3 is 5.32 Å². The summed E-state index contributed by atoms with van der Waals surface area (Å²) in [6.45, 7) is 3.11. The van der Waals surface area contributed by atoms with Gasteiger partial charge in [-0.05, 0) is 31.2 Å². The van der Waals surface area contributed by atoms with E-state index < -0.39 is 0 Å². The highest BCUT2D eigenvalue weighted by Gasteiger charge is 2.20. The molecule has 0 radical (unpaired) electrons. The third-order valence-electron chi connectivity index (χ3n) is 3.31. The first-order valence-electron chi connectivity index (χ1n) is 7.11. The second-order valence-corrected chi connectivity index (χ2v) is 5.52. The number of hydrogen-bond acceptors (Lipinski definition) is 4. The van der Waals surface area contributed by atoms with Crippen LogP contribution in [0, 0.1) is 0 Å². The van der Waals surface area contributed by atoms with Crippen molar-refractivity contribution in [3.63, 3.8) is 0 Å². The summed E-state index contributed by atoms with van der Waals surface area (Å²) in [5, 5.41) is 10.1. The molecule has 1 unspecified atom stereocenters. The summed E-state index contributed by atoms with van der Waals surface area (Å²) in [4.78, 5) is 4.48. The minimum Gasteiger partial charge on any atom is -0.304 e. The average molecular weight is 298 g/mol. The Morgan fingerprint density at radius 1 is 1.24 bits per heavy atom. The Kier molecular flexibility index (Phi) is 4.43. The van der Waals surface area contributed by atoms with Crippen LogP contribution in [-0.2, 0) is 0 Å². The number of thiazole rings is 1. The van der Waals surface area contributed by atoms with Crippen LogP contribution in [0.4, 0.5) is 0 Å². The zero-order valence-electron chi connectivity index (χ0n) is 11.9. The van der Waals surface area contributed by atoms with Crippen LogP contribution in [-0.4, -0.2) is 21.3 Å². The molecule has 1 N–H and O–H groups in total. The van der Waals surface area contributed by atoms with Crippen molar-refractivity contribution in [1.82, 2.24) is 20.1 Å². The summed E-state index contributed by atoms with van der Waals surface area (Å²) in [5.41, 5.74) is 5.10. The van der Waals surface area contributed by atoms with Gasteiger partial charge in [-0.25, -0.2) is 9.67 Å². The first-order valence-corrected chi connectivity index (χ1v) is 8.05. The van der Waals surface area contributed by atoms with Crippen molar-refractivity contribution in [2.75, 3.05) is 6.54 Å². The summed E-state index contributed by atoms with van der Waals surface area (Å²) in [6, 6.07) is 12.3. The van der Waals surface area contributed by atoms with Crippen molar-refractivity contribution < 1.29 is 0 Å². The van der Waals surface area contributed by atoms with Crippen molar-refractivity contribution in [3.05, 3.63) is 64.9 Å². The normalized spacial score (nSPS) is 12.4. The van der Waals surface area contributed by atoms with E-state index in [1.54, 1.807) is 11.3 Å². The number of benzene rings is 1. The van der Waals surface area contributed by atoms with E-state index in [1.165, 1.54) is 0 Å². The number of rotatable bonds is 6. The molecule has 0 fully saturated rings. The van der Waals surface area contributed by atoms with Gasteiger partial charge in [-0.3, -0.25) is 0 Å². The molecule has 3 aromatic rings. The molecule has 2 heterocycles. The smallest absolute Gasteiger partial charge is 0.0935 e. The van der Waals surface area contributed by atoms with E-state index in [-0.39, 0.29) is 6.04 Å². The van der Waals surface area contributed by atoms with Crippen LogP contribution in [0.15, 0.2) is 53.5 Å². The highest BCUT2D eigenvalue weighted by Crippen LogP contribution is 2.24. The Balaban J connectivity index is 1.99. The average Bonchev–Trinajstić information content (AvgIpc) is 3.20. The zero-order valence-corrected chi connectivity index (χ0v) is 12.8. The van der Waals surface area contributed by atoms with E-state index >= 15 is 0 Å². The maximum absolute atomic E-state index is 4.48. The van der Waals surface area contributed by atoms with Gasteiger partial charge in [0, 0.05) is 11.6 Å². The van der Waals surface area contributed by atoms with E-state index in [1.807, 2.05) is 34.6 Å². The van der Waals surface area contributed by atoms with Crippen molar-refractivity contribution in [3.8, 4) is 5.69 Å². The highest BCUT2D eigenvalue weighted by molar-refractivity contribution is 7.07. The lowest BCUT2D eigenvalue weighted by Crippen LogP contribution is -2.25. The van der Waals surface area contributed by atoms with Crippen LogP contribution in [0.2, 0.25) is 0 Å². The van der Waals surface area contributed by atoms with Crippen molar-refractivity contribution >= 4 is 11.3 Å². The van der Waals surface area contributed by atoms with E-state index in [4.69, 9.17) is 0 Å². The molecule has 5 heteroatoms. The van der Waals surface area contributed by atoms with Crippen LogP contribution >= 0.6 is 11.3 Å². The van der Waals surface area contributed by atoms with E-state index in [9.17, 15) is 0 Å². The minimum atomic E-state index is 0.0684. The fraction of sp³-hybridized carbons (Fsp3) is 0.250. The van der Waals surface area contributed by atoms with Gasteiger partial charge in [-0.2, -0.15) is 5.10 Å². The van der Waals surface area contributed by atoms with Crippen LogP contribution in [0.3, 0.4) is 0 Å². The van der Waals surface area contributed by atoms with E-state index in [0.29, 0.717) is 0 Å². The molecule has 21 heavy (non-hydrogen) atoms. The fourth-order valence-electron chi connectivity index (χ4n) is 2.33. The number of para-hydroxylation sites is 1. The van der Waals surface area contributed by atoms with Gasteiger partial charge in [0.25, 0.3) is 0 Å². The lowest BCUT2D eigenvalue weighted by atomic mass is 10.1.